The number of ether oxygens (including phenoxy) is 2. The van der Waals surface area contributed by atoms with E-state index in [0.717, 1.165) is 10.5 Å². The van der Waals surface area contributed by atoms with Crippen molar-refractivity contribution in [1.82, 2.24) is 0 Å². The molecule has 0 atom stereocenters. The monoisotopic (exact) mass is 359 g/mol. The van der Waals surface area contributed by atoms with Gasteiger partial charge in [0.25, 0.3) is 0 Å². The number of halogens is 3. The zero-order valence-electron chi connectivity index (χ0n) is 10.6. The number of rotatable bonds is 4. The van der Waals surface area contributed by atoms with Crippen LogP contribution in [0.15, 0.2) is 34.8 Å². The summed E-state index contributed by atoms with van der Waals surface area (Å²) in [5, 5.41) is 0.418. The Bertz CT molecular complexity index is 637. The minimum absolute atomic E-state index is 0.0879. The van der Waals surface area contributed by atoms with Crippen LogP contribution in [-0.4, -0.2) is 6.61 Å². The van der Waals surface area contributed by atoms with Crippen LogP contribution in [0.3, 0.4) is 0 Å². The first kappa shape index (κ1) is 14.9. The molecule has 0 saturated carbocycles. The lowest BCUT2D eigenvalue weighted by Crippen LogP contribution is -1.99. The second-order valence-corrected chi connectivity index (χ2v) is 5.25. The number of benzene rings is 2. The fourth-order valence-electron chi connectivity index (χ4n) is 1.58. The van der Waals surface area contributed by atoms with E-state index in [1.165, 1.54) is 6.07 Å². The summed E-state index contributed by atoms with van der Waals surface area (Å²) in [5.74, 6) is 0.276. The maximum absolute atomic E-state index is 13.6. The first-order chi connectivity index (χ1) is 9.51. The Morgan fingerprint density at radius 3 is 2.60 bits per heavy atom. The molecule has 0 aliphatic rings. The average molecular weight is 361 g/mol. The van der Waals surface area contributed by atoms with E-state index in [1.807, 2.05) is 0 Å². The van der Waals surface area contributed by atoms with Crippen molar-refractivity contribution in [3.05, 3.63) is 45.6 Å². The Morgan fingerprint density at radius 1 is 1.20 bits per heavy atom. The number of hydrogen-bond acceptors (Lipinski definition) is 3. The summed E-state index contributed by atoms with van der Waals surface area (Å²) in [6.45, 7) is 2.11. The average Bonchev–Trinajstić information content (AvgIpc) is 2.38. The number of anilines is 1. The summed E-state index contributed by atoms with van der Waals surface area (Å²) in [6.07, 6.45) is 0. The minimum atomic E-state index is -0.529. The lowest BCUT2D eigenvalue weighted by molar-refractivity contribution is 0.319. The van der Waals surface area contributed by atoms with Crippen molar-refractivity contribution < 1.29 is 13.9 Å². The quantitative estimate of drug-likeness (QED) is 0.779. The van der Waals surface area contributed by atoms with Crippen LogP contribution in [0.2, 0.25) is 5.02 Å². The van der Waals surface area contributed by atoms with Crippen LogP contribution in [0.5, 0.6) is 17.2 Å². The molecule has 0 saturated heterocycles. The third-order valence-electron chi connectivity index (χ3n) is 2.48. The van der Waals surface area contributed by atoms with Crippen molar-refractivity contribution in [2.24, 2.45) is 0 Å². The van der Waals surface area contributed by atoms with Gasteiger partial charge in [0, 0.05) is 16.6 Å². The molecule has 3 nitrogen and oxygen atoms in total. The van der Waals surface area contributed by atoms with E-state index >= 15 is 0 Å². The molecule has 0 aliphatic carbocycles. The van der Waals surface area contributed by atoms with Crippen LogP contribution >= 0.6 is 27.5 Å². The smallest absolute Gasteiger partial charge is 0.167 e. The van der Waals surface area contributed by atoms with Crippen LogP contribution in [0.4, 0.5) is 10.1 Å². The van der Waals surface area contributed by atoms with Crippen LogP contribution in [0, 0.1) is 5.82 Å². The summed E-state index contributed by atoms with van der Waals surface area (Å²) in [7, 11) is 0. The predicted molar refractivity (Wildman–Crippen MR) is 81.2 cm³/mol. The fraction of sp³-hybridized carbons (Fsp3) is 0.143. The van der Waals surface area contributed by atoms with E-state index in [-0.39, 0.29) is 11.4 Å². The van der Waals surface area contributed by atoms with Gasteiger partial charge in [-0.15, -0.1) is 0 Å². The third kappa shape index (κ3) is 3.35. The topological polar surface area (TPSA) is 44.5 Å². The van der Waals surface area contributed by atoms with Crippen molar-refractivity contribution in [3.8, 4) is 17.2 Å². The highest BCUT2D eigenvalue weighted by Gasteiger charge is 2.12. The summed E-state index contributed by atoms with van der Waals surface area (Å²) in [6, 6.07) is 7.74. The van der Waals surface area contributed by atoms with Gasteiger partial charge in [-0.2, -0.15) is 0 Å². The Labute approximate surface area is 129 Å². The van der Waals surface area contributed by atoms with Crippen LogP contribution < -0.4 is 15.2 Å². The van der Waals surface area contributed by atoms with Crippen molar-refractivity contribution in [2.75, 3.05) is 12.3 Å². The standard InChI is InChI=1S/C14H12BrClFNO2/c1-2-19-13-7-14(11(18)6-10(13)17)20-12-4-3-8(15)5-9(12)16/h3-7H,2,18H2,1H3. The molecule has 0 aliphatic heterocycles. The molecule has 0 aromatic heterocycles. The van der Waals surface area contributed by atoms with Gasteiger partial charge in [0.2, 0.25) is 0 Å². The van der Waals surface area contributed by atoms with Gasteiger partial charge in [-0.25, -0.2) is 4.39 Å². The van der Waals surface area contributed by atoms with Gasteiger partial charge in [-0.05, 0) is 25.1 Å². The Kier molecular flexibility index (Phi) is 4.73. The molecule has 2 aromatic carbocycles. The molecule has 20 heavy (non-hydrogen) atoms. The van der Waals surface area contributed by atoms with Crippen molar-refractivity contribution in [1.29, 1.82) is 0 Å². The van der Waals surface area contributed by atoms with Crippen molar-refractivity contribution in [2.45, 2.75) is 6.92 Å². The minimum Gasteiger partial charge on any atom is -0.491 e. The molecule has 106 valence electrons. The Hall–Kier alpha value is -1.46. The van der Waals surface area contributed by atoms with E-state index in [1.54, 1.807) is 25.1 Å². The summed E-state index contributed by atoms with van der Waals surface area (Å²) >= 11 is 9.37. The predicted octanol–water partition coefficient (Wildman–Crippen LogP) is 5.01. The van der Waals surface area contributed by atoms with Gasteiger partial charge in [0.15, 0.2) is 17.3 Å². The third-order valence-corrected chi connectivity index (χ3v) is 3.27. The molecule has 0 radical (unpaired) electrons. The summed E-state index contributed by atoms with van der Waals surface area (Å²) < 4.78 is 25.2. The molecule has 2 N–H and O–H groups in total. The van der Waals surface area contributed by atoms with Gasteiger partial charge < -0.3 is 15.2 Å². The molecule has 0 spiro atoms. The van der Waals surface area contributed by atoms with Crippen LogP contribution in [-0.2, 0) is 0 Å². The number of hydrogen-bond donors (Lipinski definition) is 1. The van der Waals surface area contributed by atoms with Gasteiger partial charge >= 0.3 is 0 Å². The molecule has 6 heteroatoms. The lowest BCUT2D eigenvalue weighted by Gasteiger charge is -2.12. The fourth-order valence-corrected chi connectivity index (χ4v) is 2.29. The Balaban J connectivity index is 2.35. The van der Waals surface area contributed by atoms with Gasteiger partial charge in [0.1, 0.15) is 5.75 Å². The normalized spacial score (nSPS) is 10.4. The van der Waals surface area contributed by atoms with E-state index in [9.17, 15) is 4.39 Å². The molecular weight excluding hydrogens is 349 g/mol. The maximum Gasteiger partial charge on any atom is 0.167 e. The number of nitrogen functional groups attached to an aromatic ring is 1. The number of nitrogens with two attached hydrogens (primary N) is 1. The maximum atomic E-state index is 13.6. The molecular formula is C14H12BrClFNO2. The highest BCUT2D eigenvalue weighted by Crippen LogP contribution is 2.37. The van der Waals surface area contributed by atoms with Gasteiger partial charge in [-0.1, -0.05) is 27.5 Å². The lowest BCUT2D eigenvalue weighted by atomic mass is 10.2. The zero-order valence-corrected chi connectivity index (χ0v) is 13.0. The highest BCUT2D eigenvalue weighted by atomic mass is 79.9. The Morgan fingerprint density at radius 2 is 1.95 bits per heavy atom. The molecule has 0 bridgehead atoms. The largest absolute Gasteiger partial charge is 0.491 e. The summed E-state index contributed by atoms with van der Waals surface area (Å²) in [4.78, 5) is 0. The second kappa shape index (κ2) is 6.33. The summed E-state index contributed by atoms with van der Waals surface area (Å²) in [5.41, 5.74) is 5.91. The van der Waals surface area contributed by atoms with E-state index in [4.69, 9.17) is 26.8 Å². The molecule has 0 amide bonds. The SMILES string of the molecule is CCOc1cc(Oc2ccc(Br)cc2Cl)c(N)cc1F. The van der Waals surface area contributed by atoms with Crippen LogP contribution in [0.25, 0.3) is 0 Å². The van der Waals surface area contributed by atoms with Crippen LogP contribution in [0.1, 0.15) is 6.92 Å². The molecule has 0 unspecified atom stereocenters. The molecule has 2 rings (SSSR count). The van der Waals surface area contributed by atoms with E-state index < -0.39 is 5.82 Å². The van der Waals surface area contributed by atoms with Gasteiger partial charge in [-0.3, -0.25) is 0 Å². The van der Waals surface area contributed by atoms with Gasteiger partial charge in [0.05, 0.1) is 17.3 Å². The first-order valence-corrected chi connectivity index (χ1v) is 7.03. The van der Waals surface area contributed by atoms with Crippen molar-refractivity contribution in [3.63, 3.8) is 0 Å². The first-order valence-electron chi connectivity index (χ1n) is 5.86. The molecule has 2 aromatic rings. The van der Waals surface area contributed by atoms with E-state index in [0.29, 0.717) is 23.1 Å². The zero-order chi connectivity index (χ0) is 14.7. The molecule has 0 fully saturated rings. The second-order valence-electron chi connectivity index (χ2n) is 3.93. The molecule has 0 heterocycles. The van der Waals surface area contributed by atoms with Crippen molar-refractivity contribution >= 4 is 33.2 Å². The van der Waals surface area contributed by atoms with E-state index in [2.05, 4.69) is 15.9 Å². The highest BCUT2D eigenvalue weighted by molar-refractivity contribution is 9.10.